The van der Waals surface area contributed by atoms with Gasteiger partial charge in [0.15, 0.2) is 11.5 Å². The third-order valence-electron chi connectivity index (χ3n) is 4.18. The first-order valence-electron chi connectivity index (χ1n) is 8.91. The minimum Gasteiger partial charge on any atom is -0.497 e. The minimum atomic E-state index is -0.140. The van der Waals surface area contributed by atoms with Gasteiger partial charge in [0.2, 0.25) is 0 Å². The molecule has 0 radical (unpaired) electrons. The van der Waals surface area contributed by atoms with Gasteiger partial charge in [0.25, 0.3) is 5.91 Å². The summed E-state index contributed by atoms with van der Waals surface area (Å²) in [5, 5.41) is 0. The van der Waals surface area contributed by atoms with E-state index in [9.17, 15) is 4.79 Å². The van der Waals surface area contributed by atoms with Gasteiger partial charge < -0.3 is 23.8 Å². The van der Waals surface area contributed by atoms with Crippen molar-refractivity contribution in [3.63, 3.8) is 0 Å². The fourth-order valence-electron chi connectivity index (χ4n) is 2.72. The molecule has 0 fully saturated rings. The first-order chi connectivity index (χ1) is 13.4. The first kappa shape index (κ1) is 21.9. The number of amides is 1. The summed E-state index contributed by atoms with van der Waals surface area (Å²) in [6, 6.07) is 8.97. The molecule has 0 aliphatic rings. The summed E-state index contributed by atoms with van der Waals surface area (Å²) in [5.74, 6) is 2.34. The van der Waals surface area contributed by atoms with Crippen molar-refractivity contribution in [2.75, 3.05) is 35.0 Å². The van der Waals surface area contributed by atoms with E-state index in [4.69, 9.17) is 18.9 Å². The summed E-state index contributed by atoms with van der Waals surface area (Å²) in [6.07, 6.45) is 0.878. The molecule has 1 amide bonds. The Balaban J connectivity index is 2.24. The summed E-state index contributed by atoms with van der Waals surface area (Å²) in [7, 11) is 6.50. The van der Waals surface area contributed by atoms with Gasteiger partial charge in [-0.1, -0.05) is 6.92 Å². The largest absolute Gasteiger partial charge is 0.497 e. The minimum absolute atomic E-state index is 0.140. The molecule has 0 N–H and O–H groups in total. The molecule has 0 heterocycles. The van der Waals surface area contributed by atoms with Gasteiger partial charge in [-0.25, -0.2) is 0 Å². The van der Waals surface area contributed by atoms with Crippen molar-refractivity contribution in [1.82, 2.24) is 4.90 Å². The first-order valence-corrected chi connectivity index (χ1v) is 9.71. The van der Waals surface area contributed by atoms with E-state index in [2.05, 4.69) is 15.9 Å². The van der Waals surface area contributed by atoms with Crippen molar-refractivity contribution < 1.29 is 23.7 Å². The van der Waals surface area contributed by atoms with Gasteiger partial charge in [-0.15, -0.1) is 0 Å². The maximum Gasteiger partial charge on any atom is 0.254 e. The van der Waals surface area contributed by atoms with Crippen molar-refractivity contribution in [2.24, 2.45) is 0 Å². The van der Waals surface area contributed by atoms with Gasteiger partial charge >= 0.3 is 0 Å². The van der Waals surface area contributed by atoms with Crippen LogP contribution in [0.1, 0.15) is 29.3 Å². The Morgan fingerprint density at radius 2 is 1.75 bits per heavy atom. The van der Waals surface area contributed by atoms with Crippen LogP contribution in [0.2, 0.25) is 0 Å². The molecule has 0 aliphatic carbocycles. The maximum absolute atomic E-state index is 13.0. The van der Waals surface area contributed by atoms with Crippen molar-refractivity contribution in [3.8, 4) is 23.0 Å². The van der Waals surface area contributed by atoms with Crippen LogP contribution >= 0.6 is 15.9 Å². The Bertz CT molecular complexity index is 825. The predicted octanol–water partition coefficient (Wildman–Crippen LogP) is 4.54. The number of ether oxygens (including phenoxy) is 4. The number of halogens is 1. The molecule has 0 atom stereocenters. The molecule has 0 saturated heterocycles. The molecule has 2 aromatic carbocycles. The summed E-state index contributed by atoms with van der Waals surface area (Å²) in [4.78, 5) is 14.6. The lowest BCUT2D eigenvalue weighted by Gasteiger charge is -2.20. The molecule has 0 unspecified atom stereocenters. The van der Waals surface area contributed by atoms with E-state index in [1.807, 2.05) is 19.1 Å². The van der Waals surface area contributed by atoms with Crippen LogP contribution in [0.25, 0.3) is 0 Å². The van der Waals surface area contributed by atoms with Crippen LogP contribution in [0.5, 0.6) is 23.0 Å². The normalized spacial score (nSPS) is 10.4. The highest BCUT2D eigenvalue weighted by atomic mass is 79.9. The number of carbonyl (C=O) groups excluding carboxylic acids is 1. The average Bonchev–Trinajstić information content (AvgIpc) is 2.71. The molecule has 7 heteroatoms. The zero-order valence-corrected chi connectivity index (χ0v) is 18.5. The van der Waals surface area contributed by atoms with E-state index in [1.54, 1.807) is 51.5 Å². The zero-order valence-electron chi connectivity index (χ0n) is 16.9. The Kier molecular flexibility index (Phi) is 7.99. The summed E-state index contributed by atoms with van der Waals surface area (Å²) in [6.45, 7) is 2.99. The van der Waals surface area contributed by atoms with Crippen molar-refractivity contribution in [1.29, 1.82) is 0 Å². The molecule has 2 aromatic rings. The lowest BCUT2D eigenvalue weighted by Crippen LogP contribution is -2.26. The lowest BCUT2D eigenvalue weighted by molar-refractivity contribution is 0.0783. The fourth-order valence-corrected chi connectivity index (χ4v) is 3.27. The second kappa shape index (κ2) is 10.2. The third kappa shape index (κ3) is 5.10. The molecule has 0 aromatic heterocycles. The molecule has 28 heavy (non-hydrogen) atoms. The monoisotopic (exact) mass is 451 g/mol. The Hall–Kier alpha value is -2.41. The smallest absolute Gasteiger partial charge is 0.254 e. The molecular formula is C21H26BrNO5. The van der Waals surface area contributed by atoms with E-state index >= 15 is 0 Å². The molecule has 0 spiro atoms. The van der Waals surface area contributed by atoms with Crippen molar-refractivity contribution in [3.05, 3.63) is 45.9 Å². The van der Waals surface area contributed by atoms with Gasteiger partial charge in [-0.2, -0.15) is 0 Å². The summed E-state index contributed by atoms with van der Waals surface area (Å²) in [5.41, 5.74) is 1.38. The van der Waals surface area contributed by atoms with Crippen molar-refractivity contribution in [2.45, 2.75) is 19.9 Å². The number of hydrogen-bond donors (Lipinski definition) is 0. The molecule has 6 nitrogen and oxygen atoms in total. The van der Waals surface area contributed by atoms with Gasteiger partial charge in [-0.05, 0) is 46.6 Å². The number of hydrogen-bond acceptors (Lipinski definition) is 5. The quantitative estimate of drug-likeness (QED) is 0.560. The molecule has 0 bridgehead atoms. The topological polar surface area (TPSA) is 57.2 Å². The van der Waals surface area contributed by atoms with Gasteiger partial charge in [0.05, 0.1) is 32.4 Å². The number of benzene rings is 2. The third-order valence-corrected chi connectivity index (χ3v) is 4.76. The Morgan fingerprint density at radius 3 is 2.36 bits per heavy atom. The number of carbonyl (C=O) groups is 1. The molecule has 0 aliphatic heterocycles. The van der Waals surface area contributed by atoms with Gasteiger partial charge in [-0.3, -0.25) is 4.79 Å². The van der Waals surface area contributed by atoms with E-state index in [0.29, 0.717) is 46.2 Å². The van der Waals surface area contributed by atoms with Crippen LogP contribution in [-0.4, -0.2) is 45.8 Å². The average molecular weight is 452 g/mol. The second-order valence-electron chi connectivity index (χ2n) is 6.18. The lowest BCUT2D eigenvalue weighted by atomic mass is 10.1. The van der Waals surface area contributed by atoms with Crippen LogP contribution in [-0.2, 0) is 6.54 Å². The Labute approximate surface area is 174 Å². The molecule has 0 saturated carbocycles. The standard InChI is InChI=1S/C21H26BrNO5/c1-6-9-28-20-17(22)10-15(11-19(20)27-5)21(24)23(2)13-14-7-8-16(25-3)12-18(14)26-4/h7-8,10-12H,6,9,13H2,1-5H3. The fraction of sp³-hybridized carbons (Fsp3) is 0.381. The molecular weight excluding hydrogens is 426 g/mol. The second-order valence-corrected chi connectivity index (χ2v) is 7.03. The van der Waals surface area contributed by atoms with Crippen molar-refractivity contribution >= 4 is 21.8 Å². The van der Waals surface area contributed by atoms with Crippen LogP contribution in [0.4, 0.5) is 0 Å². The highest BCUT2D eigenvalue weighted by Gasteiger charge is 2.19. The van der Waals surface area contributed by atoms with E-state index in [-0.39, 0.29) is 5.91 Å². The zero-order chi connectivity index (χ0) is 20.7. The summed E-state index contributed by atoms with van der Waals surface area (Å²) < 4.78 is 22.5. The van der Waals surface area contributed by atoms with Crippen LogP contribution in [0.3, 0.4) is 0 Å². The van der Waals surface area contributed by atoms with Crippen LogP contribution < -0.4 is 18.9 Å². The van der Waals surface area contributed by atoms with Gasteiger partial charge in [0, 0.05) is 30.8 Å². The van der Waals surface area contributed by atoms with E-state index < -0.39 is 0 Å². The molecule has 2 rings (SSSR count). The number of nitrogens with zero attached hydrogens (tertiary/aromatic N) is 1. The SMILES string of the molecule is CCCOc1c(Br)cc(C(=O)N(C)Cc2ccc(OC)cc2OC)cc1OC. The van der Waals surface area contributed by atoms with Crippen LogP contribution in [0, 0.1) is 0 Å². The highest BCUT2D eigenvalue weighted by Crippen LogP contribution is 2.37. The Morgan fingerprint density at radius 1 is 1.04 bits per heavy atom. The van der Waals surface area contributed by atoms with E-state index in [1.165, 1.54) is 0 Å². The predicted molar refractivity (Wildman–Crippen MR) is 112 cm³/mol. The van der Waals surface area contributed by atoms with E-state index in [0.717, 1.165) is 12.0 Å². The van der Waals surface area contributed by atoms with Gasteiger partial charge in [0.1, 0.15) is 11.5 Å². The summed E-state index contributed by atoms with van der Waals surface area (Å²) >= 11 is 3.48. The number of rotatable bonds is 9. The highest BCUT2D eigenvalue weighted by molar-refractivity contribution is 9.10. The van der Waals surface area contributed by atoms with Crippen LogP contribution in [0.15, 0.2) is 34.8 Å². The maximum atomic E-state index is 13.0. The number of methoxy groups -OCH3 is 3. The molecule has 152 valence electrons.